The van der Waals surface area contributed by atoms with Crippen molar-refractivity contribution in [1.82, 2.24) is 4.98 Å². The molecular weight excluding hydrogens is 232 g/mol. The third-order valence-electron chi connectivity index (χ3n) is 3.09. The van der Waals surface area contributed by atoms with Gasteiger partial charge in [0, 0.05) is 6.20 Å². The molecule has 2 rings (SSSR count). The van der Waals surface area contributed by atoms with E-state index in [1.807, 2.05) is 0 Å². The van der Waals surface area contributed by atoms with Crippen molar-refractivity contribution in [2.24, 2.45) is 0 Å². The molecule has 2 atom stereocenters. The van der Waals surface area contributed by atoms with Crippen molar-refractivity contribution in [2.75, 3.05) is 11.9 Å². The van der Waals surface area contributed by atoms with Gasteiger partial charge >= 0.3 is 5.97 Å². The molecule has 5 heteroatoms. The van der Waals surface area contributed by atoms with E-state index >= 15 is 0 Å². The summed E-state index contributed by atoms with van der Waals surface area (Å²) in [5.74, 6) is 0.312. The summed E-state index contributed by atoms with van der Waals surface area (Å²) in [5.41, 5.74) is 0.439. The number of nitrogens with zero attached hydrogens (tertiary/aromatic N) is 1. The Labute approximate surface area is 106 Å². The van der Waals surface area contributed by atoms with E-state index in [1.54, 1.807) is 19.1 Å². The van der Waals surface area contributed by atoms with Crippen molar-refractivity contribution in [3.05, 3.63) is 23.9 Å². The minimum atomic E-state index is -0.363. The summed E-state index contributed by atoms with van der Waals surface area (Å²) in [6.45, 7) is 2.12. The first-order valence-electron chi connectivity index (χ1n) is 6.28. The SMILES string of the molecule is CCOC(=O)c1ccc(N[C@H]2CCC[C@@H]2O)nc1. The van der Waals surface area contributed by atoms with Crippen LogP contribution in [-0.4, -0.2) is 34.8 Å². The topological polar surface area (TPSA) is 71.5 Å². The first kappa shape index (κ1) is 12.8. The first-order chi connectivity index (χ1) is 8.70. The van der Waals surface area contributed by atoms with Gasteiger partial charge in [-0.3, -0.25) is 0 Å². The standard InChI is InChI=1S/C13H18N2O3/c1-2-18-13(17)9-6-7-12(14-8-9)15-10-4-3-5-11(10)16/h6-8,10-11,16H,2-5H2,1H3,(H,14,15)/t10-,11-/m0/s1. The fraction of sp³-hybridized carbons (Fsp3) is 0.538. The summed E-state index contributed by atoms with van der Waals surface area (Å²) in [7, 11) is 0. The Bertz CT molecular complexity index is 405. The third kappa shape index (κ3) is 2.98. The molecule has 1 heterocycles. The molecule has 2 N–H and O–H groups in total. The lowest BCUT2D eigenvalue weighted by Gasteiger charge is -2.16. The van der Waals surface area contributed by atoms with Gasteiger partial charge in [-0.25, -0.2) is 9.78 Å². The van der Waals surface area contributed by atoms with Gasteiger partial charge in [0.05, 0.1) is 24.3 Å². The number of esters is 1. The quantitative estimate of drug-likeness (QED) is 0.794. The van der Waals surface area contributed by atoms with E-state index in [1.165, 1.54) is 6.20 Å². The smallest absolute Gasteiger partial charge is 0.339 e. The van der Waals surface area contributed by atoms with Crippen LogP contribution >= 0.6 is 0 Å². The van der Waals surface area contributed by atoms with E-state index in [2.05, 4.69) is 10.3 Å². The van der Waals surface area contributed by atoms with E-state index in [0.717, 1.165) is 19.3 Å². The van der Waals surface area contributed by atoms with Crippen molar-refractivity contribution >= 4 is 11.8 Å². The van der Waals surface area contributed by atoms with Crippen LogP contribution in [0.3, 0.4) is 0 Å². The van der Waals surface area contributed by atoms with Gasteiger partial charge in [-0.15, -0.1) is 0 Å². The van der Waals surface area contributed by atoms with Gasteiger partial charge in [-0.2, -0.15) is 0 Å². The second-order valence-corrected chi connectivity index (χ2v) is 4.40. The lowest BCUT2D eigenvalue weighted by atomic mass is 10.2. The second kappa shape index (κ2) is 5.82. The summed E-state index contributed by atoms with van der Waals surface area (Å²) in [6.07, 6.45) is 3.99. The van der Waals surface area contributed by atoms with Gasteiger partial charge in [-0.1, -0.05) is 0 Å². The molecular formula is C13H18N2O3. The van der Waals surface area contributed by atoms with E-state index in [4.69, 9.17) is 4.74 Å². The Hall–Kier alpha value is -1.62. The van der Waals surface area contributed by atoms with Crippen LogP contribution in [0.15, 0.2) is 18.3 Å². The number of hydrogen-bond donors (Lipinski definition) is 2. The van der Waals surface area contributed by atoms with E-state index < -0.39 is 0 Å². The van der Waals surface area contributed by atoms with Crippen molar-refractivity contribution < 1.29 is 14.6 Å². The maximum atomic E-state index is 11.4. The predicted molar refractivity (Wildman–Crippen MR) is 67.5 cm³/mol. The van der Waals surface area contributed by atoms with Crippen LogP contribution in [0.4, 0.5) is 5.82 Å². The molecule has 1 saturated carbocycles. The molecule has 98 valence electrons. The Morgan fingerprint density at radius 3 is 2.94 bits per heavy atom. The Morgan fingerprint density at radius 1 is 1.56 bits per heavy atom. The van der Waals surface area contributed by atoms with Gasteiger partial charge in [0.1, 0.15) is 5.82 Å². The summed E-state index contributed by atoms with van der Waals surface area (Å²) in [5, 5.41) is 12.9. The minimum Gasteiger partial charge on any atom is -0.462 e. The number of hydrogen-bond acceptors (Lipinski definition) is 5. The van der Waals surface area contributed by atoms with Gasteiger partial charge in [0.15, 0.2) is 0 Å². The first-order valence-corrected chi connectivity index (χ1v) is 6.28. The average Bonchev–Trinajstić information content (AvgIpc) is 2.76. The minimum absolute atomic E-state index is 0.0611. The largest absolute Gasteiger partial charge is 0.462 e. The van der Waals surface area contributed by atoms with Crippen LogP contribution in [0.2, 0.25) is 0 Å². The Morgan fingerprint density at radius 2 is 2.39 bits per heavy atom. The molecule has 0 amide bonds. The number of carbonyl (C=O) groups is 1. The van der Waals surface area contributed by atoms with Crippen molar-refractivity contribution in [1.29, 1.82) is 0 Å². The summed E-state index contributed by atoms with van der Waals surface area (Å²) in [4.78, 5) is 15.6. The molecule has 0 aromatic carbocycles. The fourth-order valence-corrected chi connectivity index (χ4v) is 2.11. The number of aromatic nitrogens is 1. The number of anilines is 1. The lowest BCUT2D eigenvalue weighted by molar-refractivity contribution is 0.0526. The van der Waals surface area contributed by atoms with Gasteiger partial charge < -0.3 is 15.2 Å². The molecule has 0 radical (unpaired) electrons. The zero-order valence-corrected chi connectivity index (χ0v) is 10.4. The van der Waals surface area contributed by atoms with Gasteiger partial charge in [0.25, 0.3) is 0 Å². The normalized spacial score (nSPS) is 22.8. The highest BCUT2D eigenvalue weighted by atomic mass is 16.5. The van der Waals surface area contributed by atoms with Crippen molar-refractivity contribution in [3.8, 4) is 0 Å². The van der Waals surface area contributed by atoms with Crippen LogP contribution in [-0.2, 0) is 4.74 Å². The molecule has 0 saturated heterocycles. The average molecular weight is 250 g/mol. The molecule has 0 aliphatic heterocycles. The van der Waals surface area contributed by atoms with E-state index in [0.29, 0.717) is 18.0 Å². The number of nitrogens with one attached hydrogen (secondary N) is 1. The van der Waals surface area contributed by atoms with Crippen molar-refractivity contribution in [3.63, 3.8) is 0 Å². The van der Waals surface area contributed by atoms with E-state index in [9.17, 15) is 9.90 Å². The predicted octanol–water partition coefficient (Wildman–Crippen LogP) is 1.58. The number of rotatable bonds is 4. The number of pyridine rings is 1. The van der Waals surface area contributed by atoms with Crippen LogP contribution in [0, 0.1) is 0 Å². The van der Waals surface area contributed by atoms with Gasteiger partial charge in [-0.05, 0) is 38.3 Å². The molecule has 5 nitrogen and oxygen atoms in total. The zero-order valence-electron chi connectivity index (χ0n) is 10.4. The molecule has 1 aliphatic carbocycles. The van der Waals surface area contributed by atoms with Crippen LogP contribution < -0.4 is 5.32 Å². The summed E-state index contributed by atoms with van der Waals surface area (Å²) >= 11 is 0. The third-order valence-corrected chi connectivity index (χ3v) is 3.09. The van der Waals surface area contributed by atoms with Crippen LogP contribution in [0.1, 0.15) is 36.5 Å². The lowest BCUT2D eigenvalue weighted by Crippen LogP contribution is -2.28. The summed E-state index contributed by atoms with van der Waals surface area (Å²) in [6, 6.07) is 3.47. The number of aliphatic hydroxyl groups excluding tert-OH is 1. The highest BCUT2D eigenvalue weighted by Gasteiger charge is 2.25. The highest BCUT2D eigenvalue weighted by molar-refractivity contribution is 5.89. The number of ether oxygens (including phenoxy) is 1. The summed E-state index contributed by atoms with van der Waals surface area (Å²) < 4.78 is 4.88. The van der Waals surface area contributed by atoms with Gasteiger partial charge in [0.2, 0.25) is 0 Å². The van der Waals surface area contributed by atoms with Crippen molar-refractivity contribution in [2.45, 2.75) is 38.3 Å². The maximum absolute atomic E-state index is 11.4. The molecule has 0 unspecified atom stereocenters. The number of aliphatic hydroxyl groups is 1. The van der Waals surface area contributed by atoms with Crippen LogP contribution in [0.5, 0.6) is 0 Å². The molecule has 0 bridgehead atoms. The fourth-order valence-electron chi connectivity index (χ4n) is 2.11. The molecule has 18 heavy (non-hydrogen) atoms. The highest BCUT2D eigenvalue weighted by Crippen LogP contribution is 2.22. The molecule has 0 spiro atoms. The van der Waals surface area contributed by atoms with Crippen LogP contribution in [0.25, 0.3) is 0 Å². The molecule has 1 aromatic rings. The Balaban J connectivity index is 1.97. The molecule has 1 aliphatic rings. The monoisotopic (exact) mass is 250 g/mol. The zero-order chi connectivity index (χ0) is 13.0. The maximum Gasteiger partial charge on any atom is 0.339 e. The number of carbonyl (C=O) groups excluding carboxylic acids is 1. The Kier molecular flexibility index (Phi) is 4.15. The molecule has 1 fully saturated rings. The second-order valence-electron chi connectivity index (χ2n) is 4.40. The molecule has 1 aromatic heterocycles. The van der Waals surface area contributed by atoms with E-state index in [-0.39, 0.29) is 18.1 Å².